The van der Waals surface area contributed by atoms with Crippen molar-refractivity contribution in [1.29, 1.82) is 0 Å². The second kappa shape index (κ2) is 3.58. The maximum atomic E-state index is 12.7. The SMILES string of the molecule is Fc1[c-]c(F)c2nc[nH]c2c1.[Y]. The zero-order valence-electron chi connectivity index (χ0n) is 5.94. The minimum atomic E-state index is -0.763. The van der Waals surface area contributed by atoms with E-state index in [1.807, 2.05) is 6.07 Å². The van der Waals surface area contributed by atoms with E-state index in [2.05, 4.69) is 9.97 Å². The van der Waals surface area contributed by atoms with Crippen molar-refractivity contribution >= 4 is 11.0 Å². The third-order valence-corrected chi connectivity index (χ3v) is 1.38. The summed E-state index contributed by atoms with van der Waals surface area (Å²) in [5.74, 6) is -1.49. The normalized spacial score (nSPS) is 9.83. The van der Waals surface area contributed by atoms with Crippen molar-refractivity contribution in [2.75, 3.05) is 0 Å². The van der Waals surface area contributed by atoms with E-state index in [0.717, 1.165) is 6.07 Å². The molecule has 0 atom stereocenters. The van der Waals surface area contributed by atoms with Crippen LogP contribution in [0.1, 0.15) is 0 Å². The molecule has 0 spiro atoms. The van der Waals surface area contributed by atoms with Gasteiger partial charge in [0.15, 0.2) is 0 Å². The van der Waals surface area contributed by atoms with Crippen molar-refractivity contribution < 1.29 is 41.5 Å². The Morgan fingerprint density at radius 2 is 2.17 bits per heavy atom. The molecule has 2 nitrogen and oxygen atoms in total. The molecular formula is C7H3F2N2Y-. The molecule has 2 aromatic rings. The summed E-state index contributed by atoms with van der Waals surface area (Å²) < 4.78 is 25.1. The van der Waals surface area contributed by atoms with Crippen LogP contribution < -0.4 is 0 Å². The van der Waals surface area contributed by atoms with Crippen LogP contribution in [0.5, 0.6) is 0 Å². The molecule has 5 heteroatoms. The minimum Gasteiger partial charge on any atom is -0.368 e. The number of aromatic nitrogens is 2. The van der Waals surface area contributed by atoms with E-state index in [4.69, 9.17) is 0 Å². The van der Waals surface area contributed by atoms with Gasteiger partial charge in [0.2, 0.25) is 0 Å². The summed E-state index contributed by atoms with van der Waals surface area (Å²) in [5.41, 5.74) is 0.463. The fourth-order valence-corrected chi connectivity index (χ4v) is 0.916. The van der Waals surface area contributed by atoms with Gasteiger partial charge in [0.1, 0.15) is 0 Å². The maximum absolute atomic E-state index is 12.7. The van der Waals surface area contributed by atoms with Crippen LogP contribution in [-0.2, 0) is 32.7 Å². The van der Waals surface area contributed by atoms with Crippen molar-refractivity contribution in [2.24, 2.45) is 0 Å². The van der Waals surface area contributed by atoms with Crippen LogP contribution in [0.4, 0.5) is 8.78 Å². The van der Waals surface area contributed by atoms with Gasteiger partial charge >= 0.3 is 0 Å². The Labute approximate surface area is 92.3 Å². The molecule has 59 valence electrons. The van der Waals surface area contributed by atoms with E-state index in [1.54, 1.807) is 0 Å². The van der Waals surface area contributed by atoms with Gasteiger partial charge in [0.05, 0.1) is 6.33 Å². The topological polar surface area (TPSA) is 28.7 Å². The molecule has 1 aromatic carbocycles. The smallest absolute Gasteiger partial charge is 0.0773 e. The molecule has 1 aromatic heterocycles. The number of aromatic amines is 1. The monoisotopic (exact) mass is 242 g/mol. The van der Waals surface area contributed by atoms with Crippen molar-refractivity contribution in [3.05, 3.63) is 30.1 Å². The summed E-state index contributed by atoms with van der Waals surface area (Å²) in [7, 11) is 0. The Kier molecular flexibility index (Phi) is 2.91. The number of fused-ring (bicyclic) bond motifs is 1. The first kappa shape index (κ1) is 9.74. The van der Waals surface area contributed by atoms with Crippen molar-refractivity contribution in [3.8, 4) is 0 Å². The van der Waals surface area contributed by atoms with Crippen LogP contribution in [0, 0.1) is 17.7 Å². The second-order valence-electron chi connectivity index (χ2n) is 2.10. The van der Waals surface area contributed by atoms with Crippen LogP contribution in [-0.4, -0.2) is 9.97 Å². The molecular weight excluding hydrogens is 239 g/mol. The molecule has 0 saturated heterocycles. The van der Waals surface area contributed by atoms with E-state index in [1.165, 1.54) is 6.33 Å². The predicted octanol–water partition coefficient (Wildman–Crippen LogP) is 1.64. The van der Waals surface area contributed by atoms with Gasteiger partial charge in [-0.05, 0) is 5.52 Å². The Bertz CT molecular complexity index is 399. The Morgan fingerprint density at radius 3 is 2.92 bits per heavy atom. The van der Waals surface area contributed by atoms with Gasteiger partial charge in [0.25, 0.3) is 0 Å². The average Bonchev–Trinajstić information content (AvgIpc) is 2.34. The molecule has 0 aliphatic rings. The van der Waals surface area contributed by atoms with E-state index >= 15 is 0 Å². The molecule has 0 bridgehead atoms. The molecule has 0 unspecified atom stereocenters. The number of hydrogen-bond acceptors (Lipinski definition) is 1. The number of nitrogens with zero attached hydrogens (tertiary/aromatic N) is 1. The number of rotatable bonds is 0. The number of benzene rings is 1. The van der Waals surface area contributed by atoms with Gasteiger partial charge in [-0.1, -0.05) is 0 Å². The molecule has 2 rings (SSSR count). The van der Waals surface area contributed by atoms with Gasteiger partial charge in [-0.3, -0.25) is 4.98 Å². The predicted molar refractivity (Wildman–Crippen MR) is 34.8 cm³/mol. The van der Waals surface area contributed by atoms with Gasteiger partial charge in [-0.25, -0.2) is 8.78 Å². The molecule has 0 saturated carbocycles. The fraction of sp³-hybridized carbons (Fsp3) is 0. The van der Waals surface area contributed by atoms with Crippen molar-refractivity contribution in [2.45, 2.75) is 0 Å². The van der Waals surface area contributed by atoms with Gasteiger partial charge in [-0.15, -0.1) is 12.1 Å². The maximum Gasteiger partial charge on any atom is 0.0773 e. The van der Waals surface area contributed by atoms with Crippen LogP contribution in [0.25, 0.3) is 11.0 Å². The minimum absolute atomic E-state index is 0. The van der Waals surface area contributed by atoms with Crippen LogP contribution in [0.15, 0.2) is 12.4 Å². The summed E-state index contributed by atoms with van der Waals surface area (Å²) in [5, 5.41) is 0. The summed E-state index contributed by atoms with van der Waals surface area (Å²) in [4.78, 5) is 6.22. The van der Waals surface area contributed by atoms with E-state index in [0.29, 0.717) is 5.52 Å². The van der Waals surface area contributed by atoms with Crippen LogP contribution >= 0.6 is 0 Å². The first-order valence-corrected chi connectivity index (χ1v) is 2.98. The molecule has 0 aliphatic heterocycles. The first-order valence-electron chi connectivity index (χ1n) is 2.98. The van der Waals surface area contributed by atoms with E-state index < -0.39 is 11.6 Å². The van der Waals surface area contributed by atoms with Gasteiger partial charge in [0, 0.05) is 49.9 Å². The Morgan fingerprint density at radius 1 is 1.42 bits per heavy atom. The molecule has 0 fully saturated rings. The summed E-state index contributed by atoms with van der Waals surface area (Å²) in [6.45, 7) is 0. The largest absolute Gasteiger partial charge is 0.368 e. The van der Waals surface area contributed by atoms with Crippen molar-refractivity contribution in [1.82, 2.24) is 9.97 Å². The number of H-pyrrole nitrogens is 1. The van der Waals surface area contributed by atoms with Crippen LogP contribution in [0.2, 0.25) is 0 Å². The quantitative estimate of drug-likeness (QED) is 0.699. The molecule has 1 heterocycles. The summed E-state index contributed by atoms with van der Waals surface area (Å²) >= 11 is 0. The number of hydrogen-bond donors (Lipinski definition) is 1. The molecule has 0 amide bonds. The number of nitrogens with one attached hydrogen (secondary N) is 1. The number of imidazole rings is 1. The van der Waals surface area contributed by atoms with E-state index in [9.17, 15) is 8.78 Å². The van der Waals surface area contributed by atoms with Gasteiger partial charge < -0.3 is 4.98 Å². The molecule has 12 heavy (non-hydrogen) atoms. The molecule has 1 radical (unpaired) electrons. The van der Waals surface area contributed by atoms with Gasteiger partial charge in [-0.2, -0.15) is 0 Å². The summed E-state index contributed by atoms with van der Waals surface area (Å²) in [6.07, 6.45) is 1.31. The standard InChI is InChI=1S/C7H3F2N2.Y/c8-4-1-5(9)7-6(2-4)10-3-11-7;/h2-3H,(H,10,11);/q-1;. The third kappa shape index (κ3) is 1.54. The molecule has 1 N–H and O–H groups in total. The zero-order chi connectivity index (χ0) is 7.84. The average molecular weight is 242 g/mol. The Hall–Kier alpha value is -0.346. The van der Waals surface area contributed by atoms with E-state index in [-0.39, 0.29) is 38.2 Å². The van der Waals surface area contributed by atoms with Crippen molar-refractivity contribution in [3.63, 3.8) is 0 Å². The Balaban J connectivity index is 0.000000720. The zero-order valence-corrected chi connectivity index (χ0v) is 8.77. The second-order valence-corrected chi connectivity index (χ2v) is 2.10. The third-order valence-electron chi connectivity index (χ3n) is 1.38. The van der Waals surface area contributed by atoms with Crippen LogP contribution in [0.3, 0.4) is 0 Å². The summed E-state index contributed by atoms with van der Waals surface area (Å²) in [6, 6.07) is 3.03. The molecule has 0 aliphatic carbocycles. The number of halogens is 2. The fourth-order valence-electron chi connectivity index (χ4n) is 0.916. The first-order chi connectivity index (χ1) is 5.27.